The topological polar surface area (TPSA) is 71.3 Å². The van der Waals surface area contributed by atoms with E-state index in [1.165, 1.54) is 17.6 Å². The Morgan fingerprint density at radius 2 is 2.25 bits per heavy atom. The van der Waals surface area contributed by atoms with Crippen LogP contribution in [0.3, 0.4) is 0 Å². The van der Waals surface area contributed by atoms with E-state index >= 15 is 0 Å². The highest BCUT2D eigenvalue weighted by atomic mass is 32.1. The first-order valence-electron chi connectivity index (χ1n) is 7.43. The maximum atomic E-state index is 12.3. The van der Waals surface area contributed by atoms with Crippen LogP contribution in [0, 0.1) is 0 Å². The number of aromatic nitrogens is 1. The van der Waals surface area contributed by atoms with E-state index in [0.29, 0.717) is 31.2 Å². The second-order valence-corrected chi connectivity index (χ2v) is 5.96. The third-order valence-corrected chi connectivity index (χ3v) is 4.50. The van der Waals surface area contributed by atoms with Gasteiger partial charge in [0, 0.05) is 13.7 Å². The Bertz CT molecular complexity index is 837. The zero-order valence-electron chi connectivity index (χ0n) is 13.5. The third kappa shape index (κ3) is 3.29. The number of para-hydroxylation sites is 1. The molecular formula is C16H18N2O5S. The summed E-state index contributed by atoms with van der Waals surface area (Å²) in [4.78, 5) is 17.1. The van der Waals surface area contributed by atoms with Crippen molar-refractivity contribution in [2.24, 2.45) is 4.99 Å². The fourth-order valence-electron chi connectivity index (χ4n) is 2.36. The first kappa shape index (κ1) is 16.5. The molecule has 0 radical (unpaired) electrons. The number of carbonyl (C=O) groups is 1. The van der Waals surface area contributed by atoms with E-state index < -0.39 is 5.91 Å². The van der Waals surface area contributed by atoms with Crippen LogP contribution in [0.5, 0.6) is 5.75 Å². The van der Waals surface area contributed by atoms with Crippen molar-refractivity contribution in [2.75, 3.05) is 34.0 Å². The van der Waals surface area contributed by atoms with E-state index in [2.05, 4.69) is 4.99 Å². The number of hydrogen-bond acceptors (Lipinski definition) is 6. The van der Waals surface area contributed by atoms with Gasteiger partial charge in [-0.1, -0.05) is 17.4 Å². The number of thiazole rings is 1. The average molecular weight is 350 g/mol. The van der Waals surface area contributed by atoms with Crippen LogP contribution in [-0.2, 0) is 25.5 Å². The number of ether oxygens (including phenoxy) is 4. The summed E-state index contributed by atoms with van der Waals surface area (Å²) < 4.78 is 23.9. The van der Waals surface area contributed by atoms with Crippen LogP contribution in [0.15, 0.2) is 35.2 Å². The molecule has 1 aliphatic rings. The number of rotatable bonds is 5. The van der Waals surface area contributed by atoms with Crippen molar-refractivity contribution in [2.45, 2.75) is 6.54 Å². The van der Waals surface area contributed by atoms with Crippen LogP contribution < -0.4 is 9.54 Å². The molecule has 0 fully saturated rings. The fraction of sp³-hybridized carbons (Fsp3) is 0.375. The van der Waals surface area contributed by atoms with Gasteiger partial charge in [0.1, 0.15) is 30.7 Å². The second kappa shape index (κ2) is 7.50. The first-order chi connectivity index (χ1) is 11.7. The molecule has 128 valence electrons. The van der Waals surface area contributed by atoms with Crippen LogP contribution in [-0.4, -0.2) is 44.5 Å². The zero-order chi connectivity index (χ0) is 16.9. The molecule has 0 saturated carbocycles. The van der Waals surface area contributed by atoms with Crippen molar-refractivity contribution < 1.29 is 23.7 Å². The van der Waals surface area contributed by atoms with Crippen molar-refractivity contribution in [1.82, 2.24) is 4.57 Å². The molecule has 0 bridgehead atoms. The van der Waals surface area contributed by atoms with Gasteiger partial charge in [-0.15, -0.1) is 0 Å². The average Bonchev–Trinajstić information content (AvgIpc) is 2.97. The van der Waals surface area contributed by atoms with E-state index in [1.54, 1.807) is 14.2 Å². The Kier molecular flexibility index (Phi) is 5.17. The van der Waals surface area contributed by atoms with Crippen LogP contribution >= 0.6 is 11.3 Å². The summed E-state index contributed by atoms with van der Waals surface area (Å²) in [5.41, 5.74) is 0.892. The van der Waals surface area contributed by atoms with E-state index in [-0.39, 0.29) is 5.76 Å². The minimum Gasteiger partial charge on any atom is -0.495 e. The van der Waals surface area contributed by atoms with Crippen molar-refractivity contribution >= 4 is 27.5 Å². The summed E-state index contributed by atoms with van der Waals surface area (Å²) >= 11 is 1.41. The summed E-state index contributed by atoms with van der Waals surface area (Å²) in [5.74, 6) is 0.376. The first-order valence-corrected chi connectivity index (χ1v) is 8.25. The number of amides is 1. The summed E-state index contributed by atoms with van der Waals surface area (Å²) in [6.45, 7) is 1.83. The van der Waals surface area contributed by atoms with Gasteiger partial charge >= 0.3 is 5.91 Å². The van der Waals surface area contributed by atoms with Crippen LogP contribution in [0.4, 0.5) is 0 Å². The molecule has 7 nitrogen and oxygen atoms in total. The number of hydrogen-bond donors (Lipinski definition) is 0. The molecule has 1 aliphatic heterocycles. The highest BCUT2D eigenvalue weighted by Gasteiger charge is 2.16. The molecule has 0 atom stereocenters. The molecule has 24 heavy (non-hydrogen) atoms. The maximum Gasteiger partial charge on any atom is 0.317 e. The standard InChI is InChI=1S/C16H18N2O5S/c1-20-7-6-18-14-11(21-2)4-3-5-13(14)24-16(18)17-15(19)12-10-22-8-9-23-12/h3-5,10H,6-9H2,1-2H3. The van der Waals surface area contributed by atoms with Gasteiger partial charge in [-0.2, -0.15) is 4.99 Å². The Morgan fingerprint density at radius 3 is 2.96 bits per heavy atom. The molecule has 0 aliphatic carbocycles. The molecule has 2 aromatic rings. The van der Waals surface area contributed by atoms with Crippen LogP contribution in [0.25, 0.3) is 10.2 Å². The van der Waals surface area contributed by atoms with Crippen molar-refractivity contribution in [3.05, 3.63) is 35.0 Å². The highest BCUT2D eigenvalue weighted by molar-refractivity contribution is 7.16. The zero-order valence-corrected chi connectivity index (χ0v) is 14.3. The van der Waals surface area contributed by atoms with Crippen molar-refractivity contribution in [3.63, 3.8) is 0 Å². The predicted molar refractivity (Wildman–Crippen MR) is 88.8 cm³/mol. The van der Waals surface area contributed by atoms with Gasteiger partial charge in [-0.3, -0.25) is 4.79 Å². The van der Waals surface area contributed by atoms with Gasteiger partial charge < -0.3 is 23.5 Å². The lowest BCUT2D eigenvalue weighted by atomic mass is 10.3. The number of carbonyl (C=O) groups excluding carboxylic acids is 1. The molecule has 2 heterocycles. The molecular weight excluding hydrogens is 332 g/mol. The Balaban J connectivity index is 2.10. The Morgan fingerprint density at radius 1 is 1.38 bits per heavy atom. The van der Waals surface area contributed by atoms with Gasteiger partial charge in [0.25, 0.3) is 0 Å². The SMILES string of the molecule is COCCn1c(=NC(=O)C2=COCCO2)sc2cccc(OC)c21. The third-order valence-electron chi connectivity index (χ3n) is 3.46. The largest absolute Gasteiger partial charge is 0.495 e. The summed E-state index contributed by atoms with van der Waals surface area (Å²) in [7, 11) is 3.25. The van der Waals surface area contributed by atoms with Gasteiger partial charge in [0.2, 0.25) is 5.76 Å². The van der Waals surface area contributed by atoms with Crippen LogP contribution in [0.1, 0.15) is 0 Å². The molecule has 3 rings (SSSR count). The van der Waals surface area contributed by atoms with Gasteiger partial charge in [-0.05, 0) is 12.1 Å². The van der Waals surface area contributed by atoms with Gasteiger partial charge in [-0.25, -0.2) is 0 Å². The number of methoxy groups -OCH3 is 2. The van der Waals surface area contributed by atoms with Crippen molar-refractivity contribution in [1.29, 1.82) is 0 Å². The number of benzene rings is 1. The molecule has 0 saturated heterocycles. The molecule has 1 aromatic carbocycles. The lowest BCUT2D eigenvalue weighted by molar-refractivity contribution is -0.119. The highest BCUT2D eigenvalue weighted by Crippen LogP contribution is 2.27. The molecule has 8 heteroatoms. The van der Waals surface area contributed by atoms with Gasteiger partial charge in [0.15, 0.2) is 4.80 Å². The lowest BCUT2D eigenvalue weighted by Crippen LogP contribution is -2.21. The van der Waals surface area contributed by atoms with E-state index in [9.17, 15) is 4.79 Å². The fourth-order valence-corrected chi connectivity index (χ4v) is 3.43. The summed E-state index contributed by atoms with van der Waals surface area (Å²) in [6, 6.07) is 5.75. The predicted octanol–water partition coefficient (Wildman–Crippen LogP) is 1.67. The number of nitrogens with zero attached hydrogens (tertiary/aromatic N) is 2. The summed E-state index contributed by atoms with van der Waals surface area (Å²) in [6.07, 6.45) is 1.31. The van der Waals surface area contributed by atoms with Crippen molar-refractivity contribution in [3.8, 4) is 5.75 Å². The summed E-state index contributed by atoms with van der Waals surface area (Å²) in [5, 5.41) is 0. The lowest BCUT2D eigenvalue weighted by Gasteiger charge is -2.12. The van der Waals surface area contributed by atoms with Gasteiger partial charge in [0.05, 0.1) is 18.4 Å². The quantitative estimate of drug-likeness (QED) is 0.820. The molecule has 1 amide bonds. The molecule has 1 aromatic heterocycles. The Hall–Kier alpha value is -2.32. The minimum atomic E-state index is -0.466. The molecule has 0 N–H and O–H groups in total. The second-order valence-electron chi connectivity index (χ2n) is 4.95. The minimum absolute atomic E-state index is 0.115. The molecule has 0 spiro atoms. The number of fused-ring (bicyclic) bond motifs is 1. The van der Waals surface area contributed by atoms with E-state index in [1.807, 2.05) is 22.8 Å². The molecule has 0 unspecified atom stereocenters. The monoisotopic (exact) mass is 350 g/mol. The maximum absolute atomic E-state index is 12.3. The van der Waals surface area contributed by atoms with E-state index in [4.69, 9.17) is 18.9 Å². The Labute approximate surface area is 142 Å². The normalized spacial score (nSPS) is 14.9. The van der Waals surface area contributed by atoms with Crippen LogP contribution in [0.2, 0.25) is 0 Å². The van der Waals surface area contributed by atoms with E-state index in [0.717, 1.165) is 16.0 Å². The smallest absolute Gasteiger partial charge is 0.317 e.